The highest BCUT2D eigenvalue weighted by atomic mass is 35.5. The summed E-state index contributed by atoms with van der Waals surface area (Å²) in [6.07, 6.45) is 0. The van der Waals surface area contributed by atoms with Gasteiger partial charge in [0.15, 0.2) is 0 Å². The molecule has 0 bridgehead atoms. The molecule has 1 aromatic heterocycles. The number of hydrogen-bond donors (Lipinski definition) is 1. The van der Waals surface area contributed by atoms with Crippen molar-refractivity contribution in [1.82, 2.24) is 4.31 Å². The molecule has 0 unspecified atom stereocenters. The molecule has 1 aromatic carbocycles. The molecular formula is C13H14ClNO3S2. The third kappa shape index (κ3) is 3.39. The SMILES string of the molecule is CN(Cc1ccc(Cl)cc1)S(=O)(=O)c1cc(CO)cs1. The number of benzene rings is 1. The zero-order valence-corrected chi connectivity index (χ0v) is 13.2. The molecular weight excluding hydrogens is 318 g/mol. The highest BCUT2D eigenvalue weighted by molar-refractivity contribution is 7.91. The van der Waals surface area contributed by atoms with Gasteiger partial charge in [-0.1, -0.05) is 23.7 Å². The predicted octanol–water partition coefficient (Wildman–Crippen LogP) is 2.71. The third-order valence-electron chi connectivity index (χ3n) is 2.80. The lowest BCUT2D eigenvalue weighted by molar-refractivity contribution is 0.282. The average Bonchev–Trinajstić information content (AvgIpc) is 2.90. The minimum absolute atomic E-state index is 0.160. The van der Waals surface area contributed by atoms with Gasteiger partial charge in [-0.2, -0.15) is 4.31 Å². The molecule has 20 heavy (non-hydrogen) atoms. The van der Waals surface area contributed by atoms with Crippen LogP contribution in [0.4, 0.5) is 0 Å². The minimum Gasteiger partial charge on any atom is -0.392 e. The summed E-state index contributed by atoms with van der Waals surface area (Å²) in [5.74, 6) is 0. The van der Waals surface area contributed by atoms with Gasteiger partial charge in [0.05, 0.1) is 6.61 Å². The summed E-state index contributed by atoms with van der Waals surface area (Å²) in [4.78, 5) is 0. The number of aliphatic hydroxyl groups excluding tert-OH is 1. The second kappa shape index (κ2) is 6.24. The molecule has 2 rings (SSSR count). The Morgan fingerprint density at radius 1 is 1.25 bits per heavy atom. The first-order chi connectivity index (χ1) is 9.43. The van der Waals surface area contributed by atoms with Crippen molar-refractivity contribution >= 4 is 33.0 Å². The van der Waals surface area contributed by atoms with E-state index in [-0.39, 0.29) is 17.4 Å². The molecule has 0 aliphatic heterocycles. The number of halogens is 1. The molecule has 1 N–H and O–H groups in total. The van der Waals surface area contributed by atoms with Crippen molar-refractivity contribution in [3.8, 4) is 0 Å². The summed E-state index contributed by atoms with van der Waals surface area (Å²) in [6.45, 7) is 0.110. The van der Waals surface area contributed by atoms with E-state index in [0.29, 0.717) is 10.6 Å². The molecule has 7 heteroatoms. The molecule has 4 nitrogen and oxygen atoms in total. The van der Waals surface area contributed by atoms with Crippen LogP contribution in [0.3, 0.4) is 0 Å². The zero-order chi connectivity index (χ0) is 14.8. The van der Waals surface area contributed by atoms with Crippen LogP contribution < -0.4 is 0 Å². The first-order valence-corrected chi connectivity index (χ1v) is 8.52. The summed E-state index contributed by atoms with van der Waals surface area (Å²) in [7, 11) is -2.00. The van der Waals surface area contributed by atoms with E-state index in [2.05, 4.69) is 0 Å². The third-order valence-corrected chi connectivity index (χ3v) is 6.31. The lowest BCUT2D eigenvalue weighted by atomic mass is 10.2. The van der Waals surface area contributed by atoms with Crippen molar-refractivity contribution in [2.75, 3.05) is 7.05 Å². The zero-order valence-electron chi connectivity index (χ0n) is 10.8. The second-order valence-electron chi connectivity index (χ2n) is 4.32. The van der Waals surface area contributed by atoms with Crippen LogP contribution in [0.25, 0.3) is 0 Å². The van der Waals surface area contributed by atoms with Crippen LogP contribution in [-0.4, -0.2) is 24.9 Å². The van der Waals surface area contributed by atoms with Gasteiger partial charge in [-0.05, 0) is 34.7 Å². The van der Waals surface area contributed by atoms with Crippen LogP contribution in [0.15, 0.2) is 39.9 Å². The number of aliphatic hydroxyl groups is 1. The van der Waals surface area contributed by atoms with E-state index in [9.17, 15) is 8.42 Å². The van der Waals surface area contributed by atoms with E-state index >= 15 is 0 Å². The minimum atomic E-state index is -3.53. The Balaban J connectivity index is 2.18. The van der Waals surface area contributed by atoms with E-state index < -0.39 is 10.0 Å². The van der Waals surface area contributed by atoms with E-state index in [1.165, 1.54) is 17.4 Å². The first-order valence-electron chi connectivity index (χ1n) is 5.82. The van der Waals surface area contributed by atoms with Gasteiger partial charge in [-0.25, -0.2) is 8.42 Å². The van der Waals surface area contributed by atoms with Crippen molar-refractivity contribution in [3.05, 3.63) is 51.9 Å². The van der Waals surface area contributed by atoms with Crippen LogP contribution in [0, 0.1) is 0 Å². The van der Waals surface area contributed by atoms with E-state index in [1.807, 2.05) is 0 Å². The Morgan fingerprint density at radius 3 is 2.45 bits per heavy atom. The second-order valence-corrected chi connectivity index (χ2v) is 7.94. The van der Waals surface area contributed by atoms with Gasteiger partial charge in [0, 0.05) is 18.6 Å². The van der Waals surface area contributed by atoms with Crippen LogP contribution in [-0.2, 0) is 23.2 Å². The van der Waals surface area contributed by atoms with Crippen molar-refractivity contribution in [2.24, 2.45) is 0 Å². The molecule has 2 aromatic rings. The van der Waals surface area contributed by atoms with Crippen LogP contribution >= 0.6 is 22.9 Å². The number of sulfonamides is 1. The topological polar surface area (TPSA) is 57.6 Å². The summed E-state index contributed by atoms with van der Waals surface area (Å²) in [5.41, 5.74) is 1.47. The lowest BCUT2D eigenvalue weighted by Crippen LogP contribution is -2.25. The van der Waals surface area contributed by atoms with Crippen molar-refractivity contribution in [3.63, 3.8) is 0 Å². The van der Waals surface area contributed by atoms with Gasteiger partial charge < -0.3 is 5.11 Å². The van der Waals surface area contributed by atoms with Crippen LogP contribution in [0.5, 0.6) is 0 Å². The lowest BCUT2D eigenvalue weighted by Gasteiger charge is -2.16. The standard InChI is InChI=1S/C13H14ClNO3S2/c1-15(7-10-2-4-12(14)5-3-10)20(17,18)13-6-11(8-16)9-19-13/h2-6,9,16H,7-8H2,1H3. The number of thiophene rings is 1. The number of rotatable bonds is 5. The predicted molar refractivity (Wildman–Crippen MR) is 80.3 cm³/mol. The highest BCUT2D eigenvalue weighted by Gasteiger charge is 2.22. The van der Waals surface area contributed by atoms with Gasteiger partial charge >= 0.3 is 0 Å². The first kappa shape index (κ1) is 15.5. The maximum Gasteiger partial charge on any atom is 0.252 e. The van der Waals surface area contributed by atoms with Crippen LogP contribution in [0.2, 0.25) is 5.02 Å². The van der Waals surface area contributed by atoms with E-state index in [1.54, 1.807) is 29.6 Å². The van der Waals surface area contributed by atoms with Gasteiger partial charge in [0.2, 0.25) is 0 Å². The average molecular weight is 332 g/mol. The maximum atomic E-state index is 12.4. The van der Waals surface area contributed by atoms with Crippen molar-refractivity contribution in [2.45, 2.75) is 17.4 Å². The quantitative estimate of drug-likeness (QED) is 0.916. The summed E-state index contributed by atoms with van der Waals surface area (Å²) in [5, 5.41) is 11.3. The fraction of sp³-hybridized carbons (Fsp3) is 0.231. The van der Waals surface area contributed by atoms with Crippen molar-refractivity contribution < 1.29 is 13.5 Å². The Morgan fingerprint density at radius 2 is 1.90 bits per heavy atom. The highest BCUT2D eigenvalue weighted by Crippen LogP contribution is 2.24. The molecule has 0 aliphatic rings. The van der Waals surface area contributed by atoms with E-state index in [0.717, 1.165) is 16.9 Å². The van der Waals surface area contributed by atoms with Gasteiger partial charge in [-0.3, -0.25) is 0 Å². The number of hydrogen-bond acceptors (Lipinski definition) is 4. The molecule has 108 valence electrons. The molecule has 0 aliphatic carbocycles. The molecule has 0 fully saturated rings. The molecule has 0 amide bonds. The van der Waals surface area contributed by atoms with Crippen LogP contribution in [0.1, 0.15) is 11.1 Å². The summed E-state index contributed by atoms with van der Waals surface area (Å²) < 4.78 is 26.2. The molecule has 0 saturated carbocycles. The summed E-state index contributed by atoms with van der Waals surface area (Å²) in [6, 6.07) is 8.54. The summed E-state index contributed by atoms with van der Waals surface area (Å²) >= 11 is 6.91. The molecule has 0 spiro atoms. The van der Waals surface area contributed by atoms with Gasteiger partial charge in [-0.15, -0.1) is 11.3 Å². The van der Waals surface area contributed by atoms with Gasteiger partial charge in [0.25, 0.3) is 10.0 Å². The largest absolute Gasteiger partial charge is 0.392 e. The number of nitrogens with zero attached hydrogens (tertiary/aromatic N) is 1. The molecule has 0 atom stereocenters. The Labute approximate surface area is 127 Å². The fourth-order valence-electron chi connectivity index (χ4n) is 1.66. The van der Waals surface area contributed by atoms with E-state index in [4.69, 9.17) is 16.7 Å². The Kier molecular flexibility index (Phi) is 4.82. The van der Waals surface area contributed by atoms with Gasteiger partial charge in [0.1, 0.15) is 4.21 Å². The Bertz CT molecular complexity index is 680. The molecule has 1 heterocycles. The maximum absolute atomic E-state index is 12.4. The normalized spacial score (nSPS) is 12.0. The fourth-order valence-corrected chi connectivity index (χ4v) is 4.35. The molecule has 0 saturated heterocycles. The smallest absolute Gasteiger partial charge is 0.252 e. The van der Waals surface area contributed by atoms with Crippen molar-refractivity contribution in [1.29, 1.82) is 0 Å². The Hall–Kier alpha value is -0.920. The molecule has 0 radical (unpaired) electrons. The monoisotopic (exact) mass is 331 g/mol.